The number of H-pyrrole nitrogens is 1. The second-order valence-corrected chi connectivity index (χ2v) is 7.79. The molecule has 0 saturated heterocycles. The van der Waals surface area contributed by atoms with Gasteiger partial charge in [-0.15, -0.1) is 0 Å². The first-order valence-electron chi connectivity index (χ1n) is 11.0. The van der Waals surface area contributed by atoms with Crippen LogP contribution in [0.15, 0.2) is 82.4 Å². The third-order valence-corrected chi connectivity index (χ3v) is 5.26. The molecule has 2 aromatic carbocycles. The average molecular weight is 443 g/mol. The lowest BCUT2D eigenvalue weighted by Gasteiger charge is -2.07. The second kappa shape index (κ2) is 11.0. The molecule has 7 heteroatoms. The molecule has 0 unspecified atom stereocenters. The molecule has 33 heavy (non-hydrogen) atoms. The van der Waals surface area contributed by atoms with Gasteiger partial charge in [-0.1, -0.05) is 72.7 Å². The molecule has 1 amide bonds. The minimum atomic E-state index is -0.580. The topological polar surface area (TPSA) is 93.4 Å². The van der Waals surface area contributed by atoms with Crippen LogP contribution in [0.5, 0.6) is 0 Å². The SMILES string of the molecule is CC[C@@H](C=NC(=O)OCc1ccccc1)Cc1c[nH]c(-c2nc(Cc3ccccc3)no2)c1. The molecule has 168 valence electrons. The smallest absolute Gasteiger partial charge is 0.433 e. The fourth-order valence-corrected chi connectivity index (χ4v) is 3.42. The van der Waals surface area contributed by atoms with Crippen molar-refractivity contribution >= 4 is 12.3 Å². The maximum absolute atomic E-state index is 12.0. The van der Waals surface area contributed by atoms with E-state index >= 15 is 0 Å². The van der Waals surface area contributed by atoms with Gasteiger partial charge in [-0.05, 0) is 41.5 Å². The highest BCUT2D eigenvalue weighted by Gasteiger charge is 2.13. The van der Waals surface area contributed by atoms with Crippen molar-refractivity contribution in [3.63, 3.8) is 0 Å². The van der Waals surface area contributed by atoms with Crippen LogP contribution in [0.25, 0.3) is 11.6 Å². The molecule has 1 atom stereocenters. The van der Waals surface area contributed by atoms with Crippen LogP contribution in [0.3, 0.4) is 0 Å². The molecule has 0 aliphatic carbocycles. The monoisotopic (exact) mass is 442 g/mol. The molecule has 4 aromatic rings. The maximum atomic E-state index is 12.0. The molecule has 2 heterocycles. The number of amides is 1. The van der Waals surface area contributed by atoms with E-state index in [2.05, 4.69) is 27.0 Å². The number of rotatable bonds is 9. The van der Waals surface area contributed by atoms with Crippen LogP contribution in [0, 0.1) is 5.92 Å². The molecule has 4 rings (SSSR count). The lowest BCUT2D eigenvalue weighted by atomic mass is 10.00. The molecule has 0 spiro atoms. The molecular weight excluding hydrogens is 416 g/mol. The summed E-state index contributed by atoms with van der Waals surface area (Å²) in [7, 11) is 0. The van der Waals surface area contributed by atoms with Gasteiger partial charge >= 0.3 is 6.09 Å². The molecule has 0 aliphatic rings. The van der Waals surface area contributed by atoms with Crippen molar-refractivity contribution in [1.82, 2.24) is 15.1 Å². The number of hydrogen-bond donors (Lipinski definition) is 1. The van der Waals surface area contributed by atoms with Gasteiger partial charge in [0.25, 0.3) is 5.89 Å². The van der Waals surface area contributed by atoms with Crippen molar-refractivity contribution in [3.05, 3.63) is 95.4 Å². The van der Waals surface area contributed by atoms with Crippen molar-refractivity contribution in [2.24, 2.45) is 10.9 Å². The quantitative estimate of drug-likeness (QED) is 0.339. The van der Waals surface area contributed by atoms with Crippen LogP contribution in [0.4, 0.5) is 4.79 Å². The van der Waals surface area contributed by atoms with Crippen molar-refractivity contribution in [2.75, 3.05) is 0 Å². The lowest BCUT2D eigenvalue weighted by Crippen LogP contribution is -2.07. The Hall–Kier alpha value is -4.00. The van der Waals surface area contributed by atoms with Crippen molar-refractivity contribution in [1.29, 1.82) is 0 Å². The standard InChI is InChI=1S/C26H26N4O3/c1-2-19(16-28-26(31)32-18-21-11-7-4-8-12-21)13-22-14-23(27-17-22)25-29-24(30-33-25)15-20-9-5-3-6-10-20/h3-12,14,16-17,19,27H,2,13,15,18H2,1H3/t19-/m1/s1. The molecule has 0 radical (unpaired) electrons. The summed E-state index contributed by atoms with van der Waals surface area (Å²) >= 11 is 0. The number of carbonyl (C=O) groups excluding carboxylic acids is 1. The normalized spacial score (nSPS) is 12.2. The van der Waals surface area contributed by atoms with Gasteiger partial charge in [0.2, 0.25) is 0 Å². The van der Waals surface area contributed by atoms with E-state index in [4.69, 9.17) is 9.26 Å². The van der Waals surface area contributed by atoms with E-state index in [1.165, 1.54) is 0 Å². The van der Waals surface area contributed by atoms with Crippen LogP contribution >= 0.6 is 0 Å². The average Bonchev–Trinajstić information content (AvgIpc) is 3.51. The number of nitrogens with zero attached hydrogens (tertiary/aromatic N) is 3. The van der Waals surface area contributed by atoms with E-state index < -0.39 is 6.09 Å². The zero-order valence-electron chi connectivity index (χ0n) is 18.5. The minimum absolute atomic E-state index is 0.106. The number of benzene rings is 2. The van der Waals surface area contributed by atoms with Gasteiger partial charge in [0, 0.05) is 18.8 Å². The van der Waals surface area contributed by atoms with Gasteiger partial charge in [-0.3, -0.25) is 0 Å². The fraction of sp³-hybridized carbons (Fsp3) is 0.231. The van der Waals surface area contributed by atoms with E-state index in [1.54, 1.807) is 6.21 Å². The Balaban J connectivity index is 1.31. The Bertz CT molecular complexity index is 1180. The van der Waals surface area contributed by atoms with E-state index in [0.29, 0.717) is 18.1 Å². The zero-order valence-corrected chi connectivity index (χ0v) is 18.5. The summed E-state index contributed by atoms with van der Waals surface area (Å²) in [5, 5.41) is 4.08. The molecule has 0 bridgehead atoms. The Kier molecular flexibility index (Phi) is 7.43. The highest BCUT2D eigenvalue weighted by molar-refractivity contribution is 5.80. The van der Waals surface area contributed by atoms with Crippen molar-refractivity contribution in [2.45, 2.75) is 32.8 Å². The van der Waals surface area contributed by atoms with Crippen LogP contribution in [0.2, 0.25) is 0 Å². The molecule has 2 aromatic heterocycles. The van der Waals surface area contributed by atoms with Crippen LogP contribution < -0.4 is 0 Å². The predicted molar refractivity (Wildman–Crippen MR) is 126 cm³/mol. The van der Waals surface area contributed by atoms with Crippen LogP contribution in [0.1, 0.15) is 35.9 Å². The van der Waals surface area contributed by atoms with Gasteiger partial charge in [0.1, 0.15) is 12.3 Å². The first-order chi connectivity index (χ1) is 16.2. The van der Waals surface area contributed by atoms with Gasteiger partial charge < -0.3 is 14.2 Å². The molecular formula is C26H26N4O3. The highest BCUT2D eigenvalue weighted by Crippen LogP contribution is 2.20. The van der Waals surface area contributed by atoms with E-state index in [1.807, 2.05) is 72.9 Å². The summed E-state index contributed by atoms with van der Waals surface area (Å²) in [5.74, 6) is 1.20. The van der Waals surface area contributed by atoms with Gasteiger partial charge in [-0.2, -0.15) is 9.98 Å². The van der Waals surface area contributed by atoms with E-state index in [-0.39, 0.29) is 12.5 Å². The first-order valence-corrected chi connectivity index (χ1v) is 11.0. The Morgan fingerprint density at radius 1 is 1.09 bits per heavy atom. The predicted octanol–water partition coefficient (Wildman–Crippen LogP) is 5.63. The van der Waals surface area contributed by atoms with E-state index in [0.717, 1.165) is 35.2 Å². The van der Waals surface area contributed by atoms with Crippen molar-refractivity contribution in [3.8, 4) is 11.6 Å². The molecule has 1 N–H and O–H groups in total. The Morgan fingerprint density at radius 2 is 1.82 bits per heavy atom. The van der Waals surface area contributed by atoms with Gasteiger partial charge in [-0.25, -0.2) is 4.79 Å². The molecule has 0 saturated carbocycles. The fourth-order valence-electron chi connectivity index (χ4n) is 3.42. The third kappa shape index (κ3) is 6.49. The Labute approximate surface area is 192 Å². The van der Waals surface area contributed by atoms with E-state index in [9.17, 15) is 4.79 Å². The summed E-state index contributed by atoms with van der Waals surface area (Å²) < 4.78 is 10.6. The number of aromatic amines is 1. The number of aliphatic imine (C=N–C) groups is 1. The highest BCUT2D eigenvalue weighted by atomic mass is 16.5. The van der Waals surface area contributed by atoms with Crippen LogP contribution in [-0.2, 0) is 24.2 Å². The Morgan fingerprint density at radius 3 is 2.55 bits per heavy atom. The van der Waals surface area contributed by atoms with Crippen molar-refractivity contribution < 1.29 is 14.1 Å². The number of ether oxygens (including phenoxy) is 1. The summed E-state index contributed by atoms with van der Waals surface area (Å²) in [6.07, 6.45) is 5.20. The molecule has 0 aliphatic heterocycles. The number of hydrogen-bond acceptors (Lipinski definition) is 5. The summed E-state index contributed by atoms with van der Waals surface area (Å²) in [6, 6.07) is 21.6. The number of nitrogens with one attached hydrogen (secondary N) is 1. The minimum Gasteiger partial charge on any atom is -0.443 e. The summed E-state index contributed by atoms with van der Waals surface area (Å²) in [4.78, 5) is 23.6. The first kappa shape index (κ1) is 22.2. The maximum Gasteiger partial charge on any atom is 0.433 e. The lowest BCUT2D eigenvalue weighted by molar-refractivity contribution is 0.151. The largest absolute Gasteiger partial charge is 0.443 e. The molecule has 0 fully saturated rings. The summed E-state index contributed by atoms with van der Waals surface area (Å²) in [5.41, 5.74) is 3.90. The van der Waals surface area contributed by atoms with Crippen LogP contribution in [-0.4, -0.2) is 27.4 Å². The summed E-state index contributed by atoms with van der Waals surface area (Å²) in [6.45, 7) is 2.28. The zero-order chi connectivity index (χ0) is 22.9. The van der Waals surface area contributed by atoms with Gasteiger partial charge in [0.05, 0.1) is 0 Å². The number of aromatic nitrogens is 3. The number of carbonyl (C=O) groups is 1. The molecule has 7 nitrogen and oxygen atoms in total. The second-order valence-electron chi connectivity index (χ2n) is 7.79. The third-order valence-electron chi connectivity index (χ3n) is 5.26. The van der Waals surface area contributed by atoms with Gasteiger partial charge in [0.15, 0.2) is 5.82 Å².